The van der Waals surface area contributed by atoms with Gasteiger partial charge in [-0.25, -0.2) is 18.5 Å². The van der Waals surface area contributed by atoms with Crippen molar-refractivity contribution in [2.75, 3.05) is 42.9 Å². The van der Waals surface area contributed by atoms with Crippen LogP contribution in [-0.2, 0) is 14.8 Å². The predicted molar refractivity (Wildman–Crippen MR) is 102 cm³/mol. The van der Waals surface area contributed by atoms with E-state index in [4.69, 9.17) is 5.14 Å². The van der Waals surface area contributed by atoms with E-state index < -0.39 is 10.0 Å². The van der Waals surface area contributed by atoms with E-state index in [1.807, 2.05) is 11.6 Å². The Morgan fingerprint density at radius 2 is 2.04 bits per heavy atom. The average Bonchev–Trinajstić information content (AvgIpc) is 3.14. The molecule has 1 aliphatic rings. The fraction of sp³-hybridized carbons (Fsp3) is 0.375. The lowest BCUT2D eigenvalue weighted by Crippen LogP contribution is -2.47. The lowest BCUT2D eigenvalue weighted by molar-refractivity contribution is -0.116. The minimum absolute atomic E-state index is 0.0198. The molecule has 0 unspecified atom stereocenters. The van der Waals surface area contributed by atoms with Crippen LogP contribution in [-0.4, -0.2) is 56.9 Å². The highest BCUT2D eigenvalue weighted by molar-refractivity contribution is 7.89. The molecule has 8 nitrogen and oxygen atoms in total. The third-order valence-electron chi connectivity index (χ3n) is 4.16. The number of sulfonamides is 1. The summed E-state index contributed by atoms with van der Waals surface area (Å²) >= 11 is 1.63. The Morgan fingerprint density at radius 3 is 2.69 bits per heavy atom. The Labute approximate surface area is 156 Å². The molecule has 0 radical (unpaired) electrons. The first kappa shape index (κ1) is 18.8. The van der Waals surface area contributed by atoms with Gasteiger partial charge in [0.25, 0.3) is 0 Å². The van der Waals surface area contributed by atoms with Crippen molar-refractivity contribution in [3.05, 3.63) is 35.8 Å². The van der Waals surface area contributed by atoms with Crippen LogP contribution < -0.4 is 15.4 Å². The van der Waals surface area contributed by atoms with Gasteiger partial charge in [0, 0.05) is 56.4 Å². The molecule has 1 amide bonds. The number of primary sulfonamides is 1. The van der Waals surface area contributed by atoms with Crippen LogP contribution in [0.3, 0.4) is 0 Å². The number of amides is 1. The molecule has 0 bridgehead atoms. The Hall–Kier alpha value is -2.01. The zero-order valence-electron chi connectivity index (χ0n) is 14.2. The van der Waals surface area contributed by atoms with Gasteiger partial charge in [-0.05, 0) is 18.2 Å². The van der Waals surface area contributed by atoms with Gasteiger partial charge in [0.15, 0.2) is 5.13 Å². The number of hydrogen-bond acceptors (Lipinski definition) is 7. The number of nitrogens with zero attached hydrogens (tertiary/aromatic N) is 3. The lowest BCUT2D eigenvalue weighted by Gasteiger charge is -2.34. The Morgan fingerprint density at radius 1 is 1.27 bits per heavy atom. The van der Waals surface area contributed by atoms with E-state index in [0.717, 1.165) is 31.3 Å². The topological polar surface area (TPSA) is 109 Å². The maximum absolute atomic E-state index is 12.1. The van der Waals surface area contributed by atoms with Gasteiger partial charge in [-0.3, -0.25) is 9.69 Å². The smallest absolute Gasteiger partial charge is 0.238 e. The molecule has 2 heterocycles. The highest BCUT2D eigenvalue weighted by atomic mass is 32.2. The summed E-state index contributed by atoms with van der Waals surface area (Å²) < 4.78 is 22.7. The average molecular weight is 396 g/mol. The van der Waals surface area contributed by atoms with Gasteiger partial charge >= 0.3 is 0 Å². The monoisotopic (exact) mass is 395 g/mol. The van der Waals surface area contributed by atoms with Crippen LogP contribution in [0.4, 0.5) is 10.8 Å². The number of piperazine rings is 1. The minimum atomic E-state index is -3.78. The quantitative estimate of drug-likeness (QED) is 0.754. The summed E-state index contributed by atoms with van der Waals surface area (Å²) in [7, 11) is -3.78. The van der Waals surface area contributed by atoms with Crippen molar-refractivity contribution >= 4 is 38.1 Å². The van der Waals surface area contributed by atoms with E-state index in [1.165, 1.54) is 12.1 Å². The van der Waals surface area contributed by atoms with Crippen LogP contribution in [0.2, 0.25) is 0 Å². The first-order chi connectivity index (χ1) is 12.4. The molecule has 10 heteroatoms. The van der Waals surface area contributed by atoms with Crippen molar-refractivity contribution in [2.45, 2.75) is 11.3 Å². The molecular formula is C16H21N5O3S2. The number of benzene rings is 1. The second-order valence-corrected chi connectivity index (χ2v) is 8.45. The summed E-state index contributed by atoms with van der Waals surface area (Å²) in [6.07, 6.45) is 2.15. The van der Waals surface area contributed by atoms with Crippen LogP contribution in [0.15, 0.2) is 40.7 Å². The van der Waals surface area contributed by atoms with Crippen LogP contribution in [0.5, 0.6) is 0 Å². The lowest BCUT2D eigenvalue weighted by atomic mass is 10.2. The molecule has 1 aromatic heterocycles. The van der Waals surface area contributed by atoms with Gasteiger partial charge in [0.05, 0.1) is 4.90 Å². The highest BCUT2D eigenvalue weighted by Crippen LogP contribution is 2.19. The number of thiazole rings is 1. The first-order valence-electron chi connectivity index (χ1n) is 8.21. The van der Waals surface area contributed by atoms with E-state index in [0.29, 0.717) is 18.7 Å². The van der Waals surface area contributed by atoms with Gasteiger partial charge in [-0.15, -0.1) is 11.3 Å². The maximum atomic E-state index is 12.1. The summed E-state index contributed by atoms with van der Waals surface area (Å²) in [5.74, 6) is -0.154. The van der Waals surface area contributed by atoms with Gasteiger partial charge in [-0.1, -0.05) is 6.07 Å². The molecule has 3 rings (SSSR count). The van der Waals surface area contributed by atoms with E-state index in [-0.39, 0.29) is 10.8 Å². The molecule has 0 aliphatic carbocycles. The van der Waals surface area contributed by atoms with E-state index in [9.17, 15) is 13.2 Å². The summed E-state index contributed by atoms with van der Waals surface area (Å²) in [5, 5.41) is 10.8. The second kappa shape index (κ2) is 8.12. The molecule has 1 saturated heterocycles. The predicted octanol–water partition coefficient (Wildman–Crippen LogP) is 0.941. The van der Waals surface area contributed by atoms with E-state index in [2.05, 4.69) is 20.1 Å². The van der Waals surface area contributed by atoms with Gasteiger partial charge in [-0.2, -0.15) is 0 Å². The Bertz CT molecular complexity index is 847. The highest BCUT2D eigenvalue weighted by Gasteiger charge is 2.19. The fourth-order valence-electron chi connectivity index (χ4n) is 2.77. The molecule has 140 valence electrons. The third kappa shape index (κ3) is 5.01. The van der Waals surface area contributed by atoms with Crippen molar-refractivity contribution < 1.29 is 13.2 Å². The number of nitrogens with two attached hydrogens (primary N) is 1. The summed E-state index contributed by atoms with van der Waals surface area (Å²) in [6, 6.07) is 5.94. The molecule has 1 fully saturated rings. The van der Waals surface area contributed by atoms with Crippen LogP contribution in [0.1, 0.15) is 6.42 Å². The van der Waals surface area contributed by atoms with Crippen LogP contribution in [0, 0.1) is 0 Å². The number of nitrogens with one attached hydrogen (secondary N) is 1. The van der Waals surface area contributed by atoms with E-state index >= 15 is 0 Å². The fourth-order valence-corrected chi connectivity index (χ4v) is 4.03. The van der Waals surface area contributed by atoms with Crippen LogP contribution >= 0.6 is 11.3 Å². The largest absolute Gasteiger partial charge is 0.346 e. The van der Waals surface area contributed by atoms with Crippen molar-refractivity contribution in [2.24, 2.45) is 5.14 Å². The standard InChI is InChI=1S/C16H21N5O3S2/c17-26(23,24)14-3-1-2-13(12-14)19-15(22)4-6-20-7-9-21(10-8-20)16-18-5-11-25-16/h1-3,5,11-12H,4,6-10H2,(H,19,22)(H2,17,23,24). The maximum Gasteiger partial charge on any atom is 0.238 e. The van der Waals surface area contributed by atoms with E-state index in [1.54, 1.807) is 23.5 Å². The second-order valence-electron chi connectivity index (χ2n) is 6.01. The molecule has 0 saturated carbocycles. The normalized spacial score (nSPS) is 15.8. The molecule has 3 N–H and O–H groups in total. The number of rotatable bonds is 6. The van der Waals surface area contributed by atoms with Crippen molar-refractivity contribution in [3.63, 3.8) is 0 Å². The van der Waals surface area contributed by atoms with Crippen LogP contribution in [0.25, 0.3) is 0 Å². The van der Waals surface area contributed by atoms with Gasteiger partial charge in [0.1, 0.15) is 0 Å². The number of aromatic nitrogens is 1. The summed E-state index contributed by atoms with van der Waals surface area (Å²) in [4.78, 5) is 20.9. The number of anilines is 2. The van der Waals surface area contributed by atoms with Crippen molar-refractivity contribution in [1.82, 2.24) is 9.88 Å². The molecule has 1 aromatic carbocycles. The minimum Gasteiger partial charge on any atom is -0.346 e. The molecule has 0 spiro atoms. The van der Waals surface area contributed by atoms with Gasteiger partial charge in [0.2, 0.25) is 15.9 Å². The molecule has 1 aliphatic heterocycles. The van der Waals surface area contributed by atoms with Crippen molar-refractivity contribution in [1.29, 1.82) is 0 Å². The number of carbonyl (C=O) groups excluding carboxylic acids is 1. The first-order valence-corrected chi connectivity index (χ1v) is 10.6. The molecule has 2 aromatic rings. The zero-order valence-corrected chi connectivity index (χ0v) is 15.8. The molecular weight excluding hydrogens is 374 g/mol. The summed E-state index contributed by atoms with van der Waals surface area (Å²) in [6.45, 7) is 4.21. The van der Waals surface area contributed by atoms with Crippen molar-refractivity contribution in [3.8, 4) is 0 Å². The molecule has 26 heavy (non-hydrogen) atoms. The molecule has 0 atom stereocenters. The third-order valence-corrected chi connectivity index (χ3v) is 5.91. The zero-order chi connectivity index (χ0) is 18.6. The summed E-state index contributed by atoms with van der Waals surface area (Å²) in [5.41, 5.74) is 0.426. The number of hydrogen-bond donors (Lipinski definition) is 2. The SMILES string of the molecule is NS(=O)(=O)c1cccc(NC(=O)CCN2CCN(c3nccs3)CC2)c1. The Kier molecular flexibility index (Phi) is 5.87. The number of carbonyl (C=O) groups is 1. The Balaban J connectivity index is 1.45. The van der Waals surface area contributed by atoms with Gasteiger partial charge < -0.3 is 10.2 Å².